The van der Waals surface area contributed by atoms with Crippen LogP contribution in [0.5, 0.6) is 0 Å². The smallest absolute Gasteiger partial charge is 0.278 e. The number of H-pyrrole nitrogens is 1. The zero-order valence-corrected chi connectivity index (χ0v) is 19.4. The van der Waals surface area contributed by atoms with Gasteiger partial charge in [-0.2, -0.15) is 0 Å². The highest BCUT2D eigenvalue weighted by Crippen LogP contribution is 2.30. The van der Waals surface area contributed by atoms with Crippen molar-refractivity contribution in [3.05, 3.63) is 63.4 Å². The van der Waals surface area contributed by atoms with Gasteiger partial charge < -0.3 is 10.6 Å². The van der Waals surface area contributed by atoms with Crippen LogP contribution in [0, 0.1) is 20.8 Å². The monoisotopic (exact) mass is 451 g/mol. The Morgan fingerprint density at radius 3 is 2.41 bits per heavy atom. The number of nitrogens with one attached hydrogen (secondary N) is 3. The van der Waals surface area contributed by atoms with Crippen LogP contribution in [0.4, 0.5) is 11.4 Å². The van der Waals surface area contributed by atoms with Gasteiger partial charge in [0, 0.05) is 18.2 Å². The second-order valence-corrected chi connectivity index (χ2v) is 8.89. The van der Waals surface area contributed by atoms with Gasteiger partial charge in [-0.15, -0.1) is 10.2 Å². The average Bonchev–Trinajstić information content (AvgIpc) is 2.71. The van der Waals surface area contributed by atoms with E-state index in [2.05, 4.69) is 25.8 Å². The van der Waals surface area contributed by atoms with E-state index in [1.165, 1.54) is 6.92 Å². The van der Waals surface area contributed by atoms with Gasteiger partial charge in [0.05, 0.1) is 10.9 Å². The Hall–Kier alpha value is -3.46. The first-order valence-electron chi connectivity index (χ1n) is 10.0. The van der Waals surface area contributed by atoms with E-state index >= 15 is 0 Å². The summed E-state index contributed by atoms with van der Waals surface area (Å²) in [6, 6.07) is 11.2. The molecule has 0 saturated heterocycles. The third kappa shape index (κ3) is 5.42. The topological polar surface area (TPSA) is 117 Å². The molecule has 0 aliphatic carbocycles. The number of para-hydroxylation sites is 1. The maximum Gasteiger partial charge on any atom is 0.278 e. The van der Waals surface area contributed by atoms with Gasteiger partial charge in [-0.25, -0.2) is 0 Å². The van der Waals surface area contributed by atoms with Gasteiger partial charge in [0.1, 0.15) is 0 Å². The molecule has 0 radical (unpaired) electrons. The fraction of sp³-hybridized carbons (Fsp3) is 0.261. The normalized spacial score (nSPS) is 11.7. The van der Waals surface area contributed by atoms with E-state index in [1.807, 2.05) is 51.1 Å². The van der Waals surface area contributed by atoms with E-state index in [0.717, 1.165) is 34.1 Å². The highest BCUT2D eigenvalue weighted by Gasteiger charge is 2.19. The number of benzene rings is 2. The molecule has 1 atom stereocenters. The minimum absolute atomic E-state index is 0.0990. The summed E-state index contributed by atoms with van der Waals surface area (Å²) in [5, 5.41) is 13.6. The lowest BCUT2D eigenvalue weighted by Gasteiger charge is -2.14. The summed E-state index contributed by atoms with van der Waals surface area (Å²) in [7, 11) is 0. The van der Waals surface area contributed by atoms with Crippen molar-refractivity contribution in [1.29, 1.82) is 0 Å². The average molecular weight is 452 g/mol. The van der Waals surface area contributed by atoms with Crippen LogP contribution in [0.1, 0.15) is 30.5 Å². The minimum Gasteiger partial charge on any atom is -0.325 e. The van der Waals surface area contributed by atoms with E-state index in [4.69, 9.17) is 0 Å². The van der Waals surface area contributed by atoms with E-state index in [1.54, 1.807) is 13.0 Å². The molecule has 0 aliphatic rings. The fourth-order valence-corrected chi connectivity index (χ4v) is 3.96. The molecule has 0 spiro atoms. The molecule has 0 bridgehead atoms. The van der Waals surface area contributed by atoms with Crippen molar-refractivity contribution in [2.75, 3.05) is 10.6 Å². The van der Waals surface area contributed by atoms with E-state index in [-0.39, 0.29) is 22.7 Å². The Morgan fingerprint density at radius 1 is 1.03 bits per heavy atom. The molecular weight excluding hydrogens is 426 g/mol. The maximum absolute atomic E-state index is 12.8. The van der Waals surface area contributed by atoms with E-state index < -0.39 is 10.8 Å². The predicted octanol–water partition coefficient (Wildman–Crippen LogP) is 3.83. The first-order valence-corrected chi connectivity index (χ1v) is 10.9. The molecule has 3 aromatic rings. The van der Waals surface area contributed by atoms with Gasteiger partial charge in [0.25, 0.3) is 5.56 Å². The summed E-state index contributed by atoms with van der Waals surface area (Å²) in [6.07, 6.45) is 0. The number of amides is 2. The summed E-state index contributed by atoms with van der Waals surface area (Å²) < 4.78 is 0. The number of anilines is 2. The molecule has 9 heteroatoms. The number of rotatable bonds is 6. The van der Waals surface area contributed by atoms with Gasteiger partial charge in [0.2, 0.25) is 11.8 Å². The number of carbonyl (C=O) groups is 2. The van der Waals surface area contributed by atoms with Gasteiger partial charge in [-0.3, -0.25) is 19.4 Å². The molecule has 0 aliphatic heterocycles. The summed E-state index contributed by atoms with van der Waals surface area (Å²) in [5.41, 5.74) is 4.10. The van der Waals surface area contributed by atoms with Crippen LogP contribution in [0.15, 0.2) is 46.3 Å². The van der Waals surface area contributed by atoms with Crippen molar-refractivity contribution in [1.82, 2.24) is 15.2 Å². The largest absolute Gasteiger partial charge is 0.325 e. The molecule has 2 aromatic carbocycles. The summed E-state index contributed by atoms with van der Waals surface area (Å²) >= 11 is 1.11. The number of nitrogens with zero attached hydrogens (tertiary/aromatic N) is 2. The Balaban J connectivity index is 1.83. The molecular formula is C23H25N5O3S. The molecule has 0 unspecified atom stereocenters. The highest BCUT2D eigenvalue weighted by molar-refractivity contribution is 8.00. The molecule has 8 nitrogen and oxygen atoms in total. The van der Waals surface area contributed by atoms with Crippen LogP contribution < -0.4 is 16.2 Å². The first-order chi connectivity index (χ1) is 15.2. The molecule has 1 aromatic heterocycles. The molecule has 2 amide bonds. The fourth-order valence-electron chi connectivity index (χ4n) is 3.22. The summed E-state index contributed by atoms with van der Waals surface area (Å²) in [6.45, 7) is 8.79. The van der Waals surface area contributed by atoms with Gasteiger partial charge in [-0.1, -0.05) is 41.6 Å². The molecule has 32 heavy (non-hydrogen) atoms. The zero-order valence-electron chi connectivity index (χ0n) is 18.6. The van der Waals surface area contributed by atoms with E-state index in [9.17, 15) is 14.4 Å². The summed E-state index contributed by atoms with van der Waals surface area (Å²) in [5.74, 6) is -0.457. The van der Waals surface area contributed by atoms with Crippen LogP contribution in [0.3, 0.4) is 0 Å². The van der Waals surface area contributed by atoms with Crippen LogP contribution in [-0.2, 0) is 9.59 Å². The highest BCUT2D eigenvalue weighted by atomic mass is 32.2. The molecule has 166 valence electrons. The number of carbonyl (C=O) groups excluding carboxylic acids is 2. The van der Waals surface area contributed by atoms with Crippen LogP contribution in [0.2, 0.25) is 0 Å². The van der Waals surface area contributed by atoms with Gasteiger partial charge in [-0.05, 0) is 51.0 Å². The Labute approximate surface area is 190 Å². The predicted molar refractivity (Wildman–Crippen MR) is 127 cm³/mol. The SMILES string of the molecule is CC(=O)Nc1c(C)cc(C)cc1-c1nnc(S[C@H](C)C(=O)Nc2ccccc2C)[nH]c1=O. The maximum atomic E-state index is 12.8. The second kappa shape index (κ2) is 9.78. The van der Waals surface area contributed by atoms with Gasteiger partial charge >= 0.3 is 0 Å². The number of aromatic nitrogens is 3. The number of hydrogen-bond donors (Lipinski definition) is 3. The number of thioether (sulfide) groups is 1. The lowest BCUT2D eigenvalue weighted by atomic mass is 10.0. The Kier molecular flexibility index (Phi) is 7.09. The van der Waals surface area contributed by atoms with Crippen LogP contribution >= 0.6 is 11.8 Å². The van der Waals surface area contributed by atoms with Crippen molar-refractivity contribution < 1.29 is 9.59 Å². The molecule has 3 N–H and O–H groups in total. The van der Waals surface area contributed by atoms with Crippen LogP contribution in [-0.4, -0.2) is 32.2 Å². The minimum atomic E-state index is -0.512. The Morgan fingerprint density at radius 2 is 1.75 bits per heavy atom. The zero-order chi connectivity index (χ0) is 23.4. The third-order valence-corrected chi connectivity index (χ3v) is 5.75. The summed E-state index contributed by atoms with van der Waals surface area (Å²) in [4.78, 5) is 39.7. The second-order valence-electron chi connectivity index (χ2n) is 7.56. The number of aromatic amines is 1. The lowest BCUT2D eigenvalue weighted by molar-refractivity contribution is -0.115. The molecule has 3 rings (SSSR count). The quantitative estimate of drug-likeness (QED) is 0.490. The molecule has 0 saturated carbocycles. The van der Waals surface area contributed by atoms with Crippen molar-refractivity contribution >= 4 is 35.0 Å². The standard InChI is InChI=1S/C23H25N5O3S/c1-12-10-14(3)19(24-16(5)29)17(11-12)20-22(31)26-23(28-27-20)32-15(4)21(30)25-18-9-7-6-8-13(18)2/h6-11,15H,1-5H3,(H,24,29)(H,25,30)(H,26,28,31)/t15-/m1/s1. The van der Waals surface area contributed by atoms with Crippen molar-refractivity contribution in [3.63, 3.8) is 0 Å². The van der Waals surface area contributed by atoms with Crippen molar-refractivity contribution in [3.8, 4) is 11.3 Å². The first kappa shape index (κ1) is 23.2. The van der Waals surface area contributed by atoms with Gasteiger partial charge in [0.15, 0.2) is 10.9 Å². The lowest BCUT2D eigenvalue weighted by Crippen LogP contribution is -2.24. The van der Waals surface area contributed by atoms with Crippen molar-refractivity contribution in [2.45, 2.75) is 45.0 Å². The molecule has 0 fully saturated rings. The van der Waals surface area contributed by atoms with Crippen molar-refractivity contribution in [2.24, 2.45) is 0 Å². The third-order valence-electron chi connectivity index (χ3n) is 4.77. The Bertz CT molecular complexity index is 1240. The molecule has 1 heterocycles. The van der Waals surface area contributed by atoms with Crippen LogP contribution in [0.25, 0.3) is 11.3 Å². The van der Waals surface area contributed by atoms with E-state index in [0.29, 0.717) is 11.3 Å². The number of aryl methyl sites for hydroxylation is 3. The number of hydrogen-bond acceptors (Lipinski definition) is 6.